The van der Waals surface area contributed by atoms with Crippen molar-refractivity contribution in [3.05, 3.63) is 24.3 Å². The number of rotatable bonds is 71. The number of unbranched alkanes of at least 4 members (excludes halogenated alkanes) is 58. The second kappa shape index (κ2) is 71.8. The number of hydrogen-bond donors (Lipinski definition) is 3. The topological polar surface area (TPSA) is 95.9 Å². The standard InChI is InChI=1S/C76H147NO5/c1-3-5-7-9-11-13-15-17-19-41-44-48-52-56-60-64-68-74(79)73(72-78)77-75(80)69-65-61-57-53-49-45-42-39-37-35-33-31-29-27-25-23-21-20-22-24-26-28-30-32-34-36-38-40-43-47-51-55-59-63-67-71-82-76(81)70-66-62-58-54-50-46-18-16-14-12-10-8-6-4-2/h22,24,64,68,73-74,78-79H,3-21,23,25-63,65-67,69-72H2,1-2H3,(H,77,80)/b24-22-,68-64+. The van der Waals surface area contributed by atoms with Gasteiger partial charge in [-0.05, 0) is 57.8 Å². The van der Waals surface area contributed by atoms with E-state index < -0.39 is 12.1 Å². The molecule has 486 valence electrons. The van der Waals surface area contributed by atoms with Gasteiger partial charge in [0.1, 0.15) is 0 Å². The molecule has 3 N–H and O–H groups in total. The van der Waals surface area contributed by atoms with Crippen LogP contribution in [0, 0.1) is 0 Å². The molecule has 1 amide bonds. The van der Waals surface area contributed by atoms with E-state index in [-0.39, 0.29) is 18.5 Å². The lowest BCUT2D eigenvalue weighted by molar-refractivity contribution is -0.143. The minimum atomic E-state index is -0.842. The molecule has 0 aromatic heterocycles. The fourth-order valence-electron chi connectivity index (χ4n) is 12.0. The second-order valence-electron chi connectivity index (χ2n) is 26.0. The van der Waals surface area contributed by atoms with E-state index in [1.165, 1.54) is 360 Å². The number of ether oxygens (including phenoxy) is 1. The van der Waals surface area contributed by atoms with E-state index in [1.807, 2.05) is 6.08 Å². The Morgan fingerprint density at radius 3 is 0.866 bits per heavy atom. The van der Waals surface area contributed by atoms with Crippen molar-refractivity contribution in [2.24, 2.45) is 0 Å². The SMILES string of the molecule is CCCCCCCCCCCCCCCC/C=C/C(O)C(CO)NC(=O)CCCCCCCCCCCCCCCCCCC/C=C\CCCCCCCCCCCCCCCCOC(=O)CCCCCCCCCCCCCCCC. The summed E-state index contributed by atoms with van der Waals surface area (Å²) in [4.78, 5) is 24.6. The molecule has 0 saturated heterocycles. The molecular weight excluding hydrogens is 1010 g/mol. The monoisotopic (exact) mass is 1150 g/mol. The van der Waals surface area contributed by atoms with Gasteiger partial charge in [-0.15, -0.1) is 0 Å². The van der Waals surface area contributed by atoms with E-state index in [2.05, 4.69) is 31.3 Å². The van der Waals surface area contributed by atoms with Crippen molar-refractivity contribution in [1.29, 1.82) is 0 Å². The maximum absolute atomic E-state index is 12.5. The highest BCUT2D eigenvalue weighted by molar-refractivity contribution is 5.76. The lowest BCUT2D eigenvalue weighted by atomic mass is 10.0. The largest absolute Gasteiger partial charge is 0.466 e. The van der Waals surface area contributed by atoms with Gasteiger partial charge in [0.2, 0.25) is 5.91 Å². The molecule has 0 spiro atoms. The Bertz CT molecular complexity index is 1280. The van der Waals surface area contributed by atoms with Crippen molar-refractivity contribution in [3.63, 3.8) is 0 Å². The Balaban J connectivity index is 3.34. The molecule has 2 atom stereocenters. The fourth-order valence-corrected chi connectivity index (χ4v) is 12.0. The first-order valence-electron chi connectivity index (χ1n) is 37.6. The third-order valence-corrected chi connectivity index (χ3v) is 17.7. The number of amides is 1. The van der Waals surface area contributed by atoms with Gasteiger partial charge < -0.3 is 20.3 Å². The van der Waals surface area contributed by atoms with Crippen LogP contribution in [-0.2, 0) is 14.3 Å². The number of aliphatic hydroxyl groups is 2. The highest BCUT2D eigenvalue weighted by atomic mass is 16.5. The zero-order chi connectivity index (χ0) is 59.2. The Morgan fingerprint density at radius 1 is 0.329 bits per heavy atom. The molecule has 6 nitrogen and oxygen atoms in total. The van der Waals surface area contributed by atoms with E-state index in [0.29, 0.717) is 19.4 Å². The maximum Gasteiger partial charge on any atom is 0.305 e. The molecule has 0 aliphatic heterocycles. The normalized spacial score (nSPS) is 12.6. The summed E-state index contributed by atoms with van der Waals surface area (Å²) in [6.45, 7) is 4.95. The predicted octanol–water partition coefficient (Wildman–Crippen LogP) is 24.5. The summed E-state index contributed by atoms with van der Waals surface area (Å²) in [6, 6.07) is -0.625. The van der Waals surface area contributed by atoms with Gasteiger partial charge in [-0.1, -0.05) is 378 Å². The summed E-state index contributed by atoms with van der Waals surface area (Å²) in [6.07, 6.45) is 91.4. The molecule has 0 radical (unpaired) electrons. The summed E-state index contributed by atoms with van der Waals surface area (Å²) < 4.78 is 5.50. The van der Waals surface area contributed by atoms with E-state index in [9.17, 15) is 19.8 Å². The lowest BCUT2D eigenvalue weighted by Gasteiger charge is -2.20. The second-order valence-corrected chi connectivity index (χ2v) is 26.0. The van der Waals surface area contributed by atoms with E-state index >= 15 is 0 Å². The zero-order valence-electron chi connectivity index (χ0n) is 55.8. The van der Waals surface area contributed by atoms with Gasteiger partial charge in [-0.25, -0.2) is 0 Å². The molecule has 0 saturated carbocycles. The van der Waals surface area contributed by atoms with Gasteiger partial charge in [-0.3, -0.25) is 9.59 Å². The Kier molecular flexibility index (Phi) is 70.4. The summed E-state index contributed by atoms with van der Waals surface area (Å²) >= 11 is 0. The van der Waals surface area contributed by atoms with Crippen LogP contribution in [0.25, 0.3) is 0 Å². The van der Waals surface area contributed by atoms with Crippen molar-refractivity contribution in [2.75, 3.05) is 13.2 Å². The van der Waals surface area contributed by atoms with Crippen LogP contribution in [-0.4, -0.2) is 47.4 Å². The van der Waals surface area contributed by atoms with Crippen LogP contribution in [0.2, 0.25) is 0 Å². The molecule has 0 bridgehead atoms. The van der Waals surface area contributed by atoms with E-state index in [0.717, 1.165) is 38.5 Å². The molecule has 0 aliphatic rings. The van der Waals surface area contributed by atoms with Gasteiger partial charge in [0, 0.05) is 12.8 Å². The molecule has 0 heterocycles. The number of carbonyl (C=O) groups is 2. The number of carbonyl (C=O) groups excluding carboxylic acids is 2. The lowest BCUT2D eigenvalue weighted by Crippen LogP contribution is -2.45. The highest BCUT2D eigenvalue weighted by Crippen LogP contribution is 2.19. The van der Waals surface area contributed by atoms with Crippen molar-refractivity contribution in [3.8, 4) is 0 Å². The van der Waals surface area contributed by atoms with Gasteiger partial charge in [-0.2, -0.15) is 0 Å². The summed E-state index contributed by atoms with van der Waals surface area (Å²) in [5, 5.41) is 23.2. The van der Waals surface area contributed by atoms with Crippen LogP contribution in [0.3, 0.4) is 0 Å². The maximum atomic E-state index is 12.5. The molecule has 0 rings (SSSR count). The minimum Gasteiger partial charge on any atom is -0.466 e. The molecular formula is C76H147NO5. The summed E-state index contributed by atoms with van der Waals surface area (Å²) in [5.74, 6) is -0.0382. The average Bonchev–Trinajstić information content (AvgIpc) is 3.48. The first-order chi connectivity index (χ1) is 40.5. The highest BCUT2D eigenvalue weighted by Gasteiger charge is 2.18. The smallest absolute Gasteiger partial charge is 0.305 e. The molecule has 82 heavy (non-hydrogen) atoms. The number of nitrogens with one attached hydrogen (secondary N) is 1. The van der Waals surface area contributed by atoms with Gasteiger partial charge in [0.25, 0.3) is 0 Å². The van der Waals surface area contributed by atoms with Crippen molar-refractivity contribution in [2.45, 2.75) is 437 Å². The van der Waals surface area contributed by atoms with Crippen LogP contribution in [0.1, 0.15) is 425 Å². The molecule has 0 fully saturated rings. The Labute approximate surface area is 513 Å². The van der Waals surface area contributed by atoms with Gasteiger partial charge in [0.15, 0.2) is 0 Å². The number of aliphatic hydroxyl groups excluding tert-OH is 2. The number of esters is 1. The average molecular weight is 1160 g/mol. The predicted molar refractivity (Wildman–Crippen MR) is 361 cm³/mol. The van der Waals surface area contributed by atoms with Crippen molar-refractivity contribution in [1.82, 2.24) is 5.32 Å². The molecule has 6 heteroatoms. The minimum absolute atomic E-state index is 0.0230. The first kappa shape index (κ1) is 80.3. The summed E-state index contributed by atoms with van der Waals surface area (Å²) in [7, 11) is 0. The summed E-state index contributed by atoms with van der Waals surface area (Å²) in [5.41, 5.74) is 0. The van der Waals surface area contributed by atoms with Crippen molar-refractivity contribution < 1.29 is 24.5 Å². The van der Waals surface area contributed by atoms with Crippen LogP contribution < -0.4 is 5.32 Å². The van der Waals surface area contributed by atoms with E-state index in [4.69, 9.17) is 4.74 Å². The quantitative estimate of drug-likeness (QED) is 0.0320. The molecule has 0 aromatic rings. The Morgan fingerprint density at radius 2 is 0.573 bits per heavy atom. The first-order valence-corrected chi connectivity index (χ1v) is 37.6. The molecule has 0 aromatic carbocycles. The van der Waals surface area contributed by atoms with Gasteiger partial charge >= 0.3 is 5.97 Å². The third-order valence-electron chi connectivity index (χ3n) is 17.7. The third kappa shape index (κ3) is 67.5. The van der Waals surface area contributed by atoms with Crippen molar-refractivity contribution >= 4 is 11.9 Å². The van der Waals surface area contributed by atoms with Crippen LogP contribution in [0.5, 0.6) is 0 Å². The van der Waals surface area contributed by atoms with E-state index in [1.54, 1.807) is 6.08 Å². The zero-order valence-corrected chi connectivity index (χ0v) is 55.8. The van der Waals surface area contributed by atoms with Crippen LogP contribution in [0.4, 0.5) is 0 Å². The van der Waals surface area contributed by atoms with Gasteiger partial charge in [0.05, 0.1) is 25.4 Å². The molecule has 2 unspecified atom stereocenters. The Hall–Kier alpha value is -1.66. The molecule has 0 aliphatic carbocycles. The van der Waals surface area contributed by atoms with Crippen LogP contribution >= 0.6 is 0 Å². The van der Waals surface area contributed by atoms with Crippen LogP contribution in [0.15, 0.2) is 24.3 Å². The number of hydrogen-bond acceptors (Lipinski definition) is 5. The fraction of sp³-hybridized carbons (Fsp3) is 0.921. The number of allylic oxidation sites excluding steroid dienone is 3.